The molecule has 0 atom stereocenters. The van der Waals surface area contributed by atoms with E-state index in [1.165, 1.54) is 0 Å². The van der Waals surface area contributed by atoms with E-state index in [0.29, 0.717) is 35.7 Å². The fourth-order valence-corrected chi connectivity index (χ4v) is 2.17. The molecule has 0 aliphatic heterocycles. The SMILES string of the molecule is Cc1noc(CCn2c(N)nc3cc(Cl)ccc32)n1. The summed E-state index contributed by atoms with van der Waals surface area (Å²) in [7, 11) is 0. The summed E-state index contributed by atoms with van der Waals surface area (Å²) in [5.41, 5.74) is 7.64. The summed E-state index contributed by atoms with van der Waals surface area (Å²) in [4.78, 5) is 8.44. The van der Waals surface area contributed by atoms with E-state index in [0.717, 1.165) is 11.0 Å². The molecule has 6 nitrogen and oxygen atoms in total. The Balaban J connectivity index is 1.90. The van der Waals surface area contributed by atoms with E-state index in [2.05, 4.69) is 15.1 Å². The van der Waals surface area contributed by atoms with Crippen LogP contribution in [0.4, 0.5) is 5.95 Å². The van der Waals surface area contributed by atoms with E-state index in [-0.39, 0.29) is 0 Å². The number of anilines is 1. The second kappa shape index (κ2) is 4.55. The highest BCUT2D eigenvalue weighted by Crippen LogP contribution is 2.22. The van der Waals surface area contributed by atoms with Crippen molar-refractivity contribution >= 4 is 28.6 Å². The second-order valence-electron chi connectivity index (χ2n) is 4.24. The lowest BCUT2D eigenvalue weighted by atomic mass is 10.3. The molecule has 0 radical (unpaired) electrons. The summed E-state index contributed by atoms with van der Waals surface area (Å²) in [6, 6.07) is 5.51. The Kier molecular flexibility index (Phi) is 2.87. The number of benzene rings is 1. The minimum atomic E-state index is 0.452. The molecule has 7 heteroatoms. The minimum absolute atomic E-state index is 0.452. The van der Waals surface area contributed by atoms with Gasteiger partial charge in [0.1, 0.15) is 0 Å². The molecule has 3 aromatic rings. The molecular formula is C12H12ClN5O. The Morgan fingerprint density at radius 2 is 2.21 bits per heavy atom. The van der Waals surface area contributed by atoms with E-state index in [1.54, 1.807) is 13.0 Å². The zero-order chi connectivity index (χ0) is 13.4. The maximum Gasteiger partial charge on any atom is 0.228 e. The number of nitrogen functional groups attached to an aromatic ring is 1. The molecule has 0 fully saturated rings. The summed E-state index contributed by atoms with van der Waals surface area (Å²) in [5, 5.41) is 4.40. The van der Waals surface area contributed by atoms with Crippen LogP contribution in [0.25, 0.3) is 11.0 Å². The van der Waals surface area contributed by atoms with Crippen molar-refractivity contribution in [3.8, 4) is 0 Å². The molecule has 0 amide bonds. The van der Waals surface area contributed by atoms with Crippen molar-refractivity contribution in [2.24, 2.45) is 0 Å². The lowest BCUT2D eigenvalue weighted by molar-refractivity contribution is 0.369. The molecule has 0 unspecified atom stereocenters. The molecule has 98 valence electrons. The van der Waals surface area contributed by atoms with Crippen LogP contribution >= 0.6 is 11.6 Å². The number of hydrogen-bond acceptors (Lipinski definition) is 5. The van der Waals surface area contributed by atoms with Gasteiger partial charge in [-0.1, -0.05) is 16.8 Å². The minimum Gasteiger partial charge on any atom is -0.369 e. The van der Waals surface area contributed by atoms with Crippen LogP contribution in [0.3, 0.4) is 0 Å². The van der Waals surface area contributed by atoms with Crippen molar-refractivity contribution in [3.05, 3.63) is 34.9 Å². The average Bonchev–Trinajstić information content (AvgIpc) is 2.89. The smallest absolute Gasteiger partial charge is 0.228 e. The number of nitrogens with zero attached hydrogens (tertiary/aromatic N) is 4. The van der Waals surface area contributed by atoms with Crippen LogP contribution in [0.1, 0.15) is 11.7 Å². The van der Waals surface area contributed by atoms with Gasteiger partial charge in [0.05, 0.1) is 11.0 Å². The molecule has 0 saturated carbocycles. The third-order valence-electron chi connectivity index (χ3n) is 2.86. The zero-order valence-electron chi connectivity index (χ0n) is 10.3. The molecule has 3 rings (SSSR count). The summed E-state index contributed by atoms with van der Waals surface area (Å²) in [6.45, 7) is 2.42. The van der Waals surface area contributed by atoms with E-state index < -0.39 is 0 Å². The molecule has 2 N–H and O–H groups in total. The maximum absolute atomic E-state index is 5.93. The Morgan fingerprint density at radius 1 is 1.37 bits per heavy atom. The molecule has 1 aromatic carbocycles. The molecule has 2 heterocycles. The zero-order valence-corrected chi connectivity index (χ0v) is 11.1. The number of aryl methyl sites for hydroxylation is 3. The van der Waals surface area contributed by atoms with E-state index in [1.807, 2.05) is 16.7 Å². The van der Waals surface area contributed by atoms with Crippen molar-refractivity contribution in [1.82, 2.24) is 19.7 Å². The summed E-state index contributed by atoms with van der Waals surface area (Å²) in [6.07, 6.45) is 0.610. The van der Waals surface area contributed by atoms with Crippen LogP contribution in [-0.2, 0) is 13.0 Å². The van der Waals surface area contributed by atoms with Crippen LogP contribution in [-0.4, -0.2) is 19.7 Å². The van der Waals surface area contributed by atoms with Gasteiger partial charge in [-0.2, -0.15) is 4.98 Å². The van der Waals surface area contributed by atoms with Crippen LogP contribution in [0, 0.1) is 6.92 Å². The lowest BCUT2D eigenvalue weighted by Crippen LogP contribution is -2.05. The average molecular weight is 278 g/mol. The van der Waals surface area contributed by atoms with Crippen LogP contribution in [0.5, 0.6) is 0 Å². The third-order valence-corrected chi connectivity index (χ3v) is 3.09. The normalized spacial score (nSPS) is 11.3. The van der Waals surface area contributed by atoms with Crippen LogP contribution in [0.15, 0.2) is 22.7 Å². The number of aromatic nitrogens is 4. The largest absolute Gasteiger partial charge is 0.369 e. The van der Waals surface area contributed by atoms with Gasteiger partial charge >= 0.3 is 0 Å². The van der Waals surface area contributed by atoms with Gasteiger partial charge in [-0.15, -0.1) is 0 Å². The highest BCUT2D eigenvalue weighted by atomic mass is 35.5. The molecular weight excluding hydrogens is 266 g/mol. The van der Waals surface area contributed by atoms with Gasteiger partial charge in [0, 0.05) is 18.0 Å². The predicted octanol–water partition coefficient (Wildman–Crippen LogP) is 2.21. The molecule has 0 saturated heterocycles. The standard InChI is InChI=1S/C12H12ClN5O/c1-7-15-11(19-17-7)4-5-18-10-3-2-8(13)6-9(10)16-12(18)14/h2-3,6H,4-5H2,1H3,(H2,14,16). The van der Waals surface area contributed by atoms with Crippen molar-refractivity contribution in [3.63, 3.8) is 0 Å². The first-order valence-electron chi connectivity index (χ1n) is 5.84. The van der Waals surface area contributed by atoms with Gasteiger partial charge in [0.2, 0.25) is 11.8 Å². The van der Waals surface area contributed by atoms with E-state index in [9.17, 15) is 0 Å². The highest BCUT2D eigenvalue weighted by Gasteiger charge is 2.10. The van der Waals surface area contributed by atoms with E-state index >= 15 is 0 Å². The highest BCUT2D eigenvalue weighted by molar-refractivity contribution is 6.31. The Morgan fingerprint density at radius 3 is 2.95 bits per heavy atom. The Labute approximate surface area is 114 Å². The molecule has 19 heavy (non-hydrogen) atoms. The first kappa shape index (κ1) is 12.0. The van der Waals surface area contributed by atoms with Gasteiger partial charge in [0.25, 0.3) is 0 Å². The molecule has 0 aliphatic rings. The number of nitrogens with two attached hydrogens (primary N) is 1. The summed E-state index contributed by atoms with van der Waals surface area (Å²) in [5.74, 6) is 1.67. The maximum atomic E-state index is 5.93. The van der Waals surface area contributed by atoms with Crippen LogP contribution < -0.4 is 5.73 Å². The number of fused-ring (bicyclic) bond motifs is 1. The molecule has 0 aliphatic carbocycles. The van der Waals surface area contributed by atoms with Gasteiger partial charge in [0.15, 0.2) is 5.82 Å². The fraction of sp³-hybridized carbons (Fsp3) is 0.250. The second-order valence-corrected chi connectivity index (χ2v) is 4.68. The third kappa shape index (κ3) is 2.26. The predicted molar refractivity (Wildman–Crippen MR) is 71.9 cm³/mol. The Bertz CT molecular complexity index is 733. The van der Waals surface area contributed by atoms with Crippen molar-refractivity contribution in [2.75, 3.05) is 5.73 Å². The van der Waals surface area contributed by atoms with Crippen LogP contribution in [0.2, 0.25) is 5.02 Å². The first-order valence-corrected chi connectivity index (χ1v) is 6.22. The number of imidazole rings is 1. The van der Waals surface area contributed by atoms with Crippen molar-refractivity contribution < 1.29 is 4.52 Å². The number of hydrogen-bond donors (Lipinski definition) is 1. The topological polar surface area (TPSA) is 82.8 Å². The van der Waals surface area contributed by atoms with E-state index in [4.69, 9.17) is 21.9 Å². The number of rotatable bonds is 3. The van der Waals surface area contributed by atoms with Gasteiger partial charge in [-0.25, -0.2) is 4.98 Å². The monoisotopic (exact) mass is 277 g/mol. The Hall–Kier alpha value is -2.08. The lowest BCUT2D eigenvalue weighted by Gasteiger charge is -2.03. The van der Waals surface area contributed by atoms with Gasteiger partial charge in [-0.05, 0) is 25.1 Å². The fourth-order valence-electron chi connectivity index (χ4n) is 2.01. The molecule has 0 spiro atoms. The first-order chi connectivity index (χ1) is 9.13. The summed E-state index contributed by atoms with van der Waals surface area (Å²) >= 11 is 5.93. The summed E-state index contributed by atoms with van der Waals surface area (Å²) < 4.78 is 6.98. The number of halogens is 1. The van der Waals surface area contributed by atoms with Crippen molar-refractivity contribution in [2.45, 2.75) is 19.9 Å². The molecule has 0 bridgehead atoms. The molecule has 2 aromatic heterocycles. The van der Waals surface area contributed by atoms with Crippen molar-refractivity contribution in [1.29, 1.82) is 0 Å². The quantitative estimate of drug-likeness (QED) is 0.793. The van der Waals surface area contributed by atoms with Gasteiger partial charge < -0.3 is 14.8 Å². The van der Waals surface area contributed by atoms with Gasteiger partial charge in [-0.3, -0.25) is 0 Å².